The summed E-state index contributed by atoms with van der Waals surface area (Å²) in [7, 11) is 0. The minimum atomic E-state index is -0.305. The lowest BCUT2D eigenvalue weighted by molar-refractivity contribution is -0.131. The van der Waals surface area contributed by atoms with Gasteiger partial charge in [-0.2, -0.15) is 0 Å². The Morgan fingerprint density at radius 2 is 1.78 bits per heavy atom. The smallest absolute Gasteiger partial charge is 0.246 e. The largest absolute Gasteiger partial charge is 0.369 e. The molecule has 1 fully saturated rings. The molecule has 1 saturated carbocycles. The summed E-state index contributed by atoms with van der Waals surface area (Å²) in [5, 5.41) is 2.93. The van der Waals surface area contributed by atoms with Crippen molar-refractivity contribution in [2.75, 3.05) is 6.61 Å². The highest BCUT2D eigenvalue weighted by Crippen LogP contribution is 2.23. The van der Waals surface area contributed by atoms with Gasteiger partial charge in [0.1, 0.15) is 6.61 Å². The first-order valence-corrected chi connectivity index (χ1v) is 6.50. The molecule has 1 aliphatic rings. The number of nitrogens with two attached hydrogens (primary N) is 1. The van der Waals surface area contributed by atoms with Crippen LogP contribution < -0.4 is 11.1 Å². The van der Waals surface area contributed by atoms with Crippen LogP contribution >= 0.6 is 0 Å². The lowest BCUT2D eigenvalue weighted by atomic mass is 9.85. The van der Waals surface area contributed by atoms with Crippen molar-refractivity contribution in [3.05, 3.63) is 0 Å². The fourth-order valence-corrected chi connectivity index (χ4v) is 2.07. The van der Waals surface area contributed by atoms with Crippen LogP contribution in [0.2, 0.25) is 0 Å². The predicted octanol–water partition coefficient (Wildman–Crippen LogP) is 0.962. The molecule has 0 aromatic carbocycles. The Morgan fingerprint density at radius 3 is 2.22 bits per heavy atom. The van der Waals surface area contributed by atoms with Gasteiger partial charge < -0.3 is 15.8 Å². The standard InChI is InChI=1S/C13H24N2O3/c1-13(2,3)18-8-11(16)15-10-6-4-9(5-7-10)12(14)17/h9-10H,4-8H2,1-3H3,(H2,14,17)(H,15,16). The molecule has 0 unspecified atom stereocenters. The molecule has 18 heavy (non-hydrogen) atoms. The maximum absolute atomic E-state index is 11.6. The molecule has 0 saturated heterocycles. The van der Waals surface area contributed by atoms with Crippen LogP contribution in [0.3, 0.4) is 0 Å². The second kappa shape index (κ2) is 6.18. The SMILES string of the molecule is CC(C)(C)OCC(=O)NC1CCC(C(N)=O)CC1. The topological polar surface area (TPSA) is 81.4 Å². The third-order valence-corrected chi connectivity index (χ3v) is 3.13. The van der Waals surface area contributed by atoms with Crippen LogP contribution in [0.15, 0.2) is 0 Å². The first-order valence-electron chi connectivity index (χ1n) is 6.50. The van der Waals surface area contributed by atoms with Crippen molar-refractivity contribution in [3.63, 3.8) is 0 Å². The Labute approximate surface area is 108 Å². The molecule has 1 aliphatic carbocycles. The van der Waals surface area contributed by atoms with Crippen molar-refractivity contribution in [1.82, 2.24) is 5.32 Å². The highest BCUT2D eigenvalue weighted by atomic mass is 16.5. The average molecular weight is 256 g/mol. The number of primary amides is 1. The third kappa shape index (κ3) is 5.49. The van der Waals surface area contributed by atoms with E-state index in [2.05, 4.69) is 5.32 Å². The molecule has 1 rings (SSSR count). The van der Waals surface area contributed by atoms with E-state index in [4.69, 9.17) is 10.5 Å². The number of hydrogen-bond acceptors (Lipinski definition) is 3. The van der Waals surface area contributed by atoms with E-state index in [1.807, 2.05) is 20.8 Å². The van der Waals surface area contributed by atoms with Crippen LogP contribution in [0.25, 0.3) is 0 Å². The zero-order chi connectivity index (χ0) is 13.8. The summed E-state index contributed by atoms with van der Waals surface area (Å²) in [6.45, 7) is 5.83. The fourth-order valence-electron chi connectivity index (χ4n) is 2.07. The Kier molecular flexibility index (Phi) is 5.14. The monoisotopic (exact) mass is 256 g/mol. The number of carbonyl (C=O) groups is 2. The summed E-state index contributed by atoms with van der Waals surface area (Å²) in [4.78, 5) is 22.7. The second-order valence-electron chi connectivity index (χ2n) is 5.92. The van der Waals surface area contributed by atoms with Crippen LogP contribution in [0, 0.1) is 5.92 Å². The molecule has 104 valence electrons. The quantitative estimate of drug-likeness (QED) is 0.786. The summed E-state index contributed by atoms with van der Waals surface area (Å²) >= 11 is 0. The molecular formula is C13H24N2O3. The predicted molar refractivity (Wildman–Crippen MR) is 68.8 cm³/mol. The van der Waals surface area contributed by atoms with Crippen molar-refractivity contribution < 1.29 is 14.3 Å². The van der Waals surface area contributed by atoms with Crippen LogP contribution in [-0.4, -0.2) is 30.1 Å². The maximum atomic E-state index is 11.6. The molecule has 0 bridgehead atoms. The molecule has 2 amide bonds. The Morgan fingerprint density at radius 1 is 1.22 bits per heavy atom. The molecular weight excluding hydrogens is 232 g/mol. The van der Waals surface area contributed by atoms with E-state index in [1.165, 1.54) is 0 Å². The molecule has 0 aromatic rings. The first kappa shape index (κ1) is 15.0. The molecule has 0 heterocycles. The molecule has 0 spiro atoms. The average Bonchev–Trinajstić information content (AvgIpc) is 2.26. The molecule has 0 radical (unpaired) electrons. The molecule has 0 aromatic heterocycles. The van der Waals surface area contributed by atoms with Crippen molar-refractivity contribution >= 4 is 11.8 Å². The number of amides is 2. The Hall–Kier alpha value is -1.10. The summed E-state index contributed by atoms with van der Waals surface area (Å²) in [5.41, 5.74) is 4.96. The van der Waals surface area contributed by atoms with E-state index >= 15 is 0 Å². The van der Waals surface area contributed by atoms with E-state index in [0.29, 0.717) is 0 Å². The van der Waals surface area contributed by atoms with Gasteiger partial charge in [-0.25, -0.2) is 0 Å². The summed E-state index contributed by atoms with van der Waals surface area (Å²) < 4.78 is 5.41. The lowest BCUT2D eigenvalue weighted by Gasteiger charge is -2.28. The molecule has 5 nitrogen and oxygen atoms in total. The van der Waals surface area contributed by atoms with Gasteiger partial charge in [0.05, 0.1) is 5.60 Å². The van der Waals surface area contributed by atoms with Gasteiger partial charge in [0, 0.05) is 12.0 Å². The van der Waals surface area contributed by atoms with E-state index in [-0.39, 0.29) is 36.0 Å². The van der Waals surface area contributed by atoms with Gasteiger partial charge in [0.15, 0.2) is 0 Å². The highest BCUT2D eigenvalue weighted by Gasteiger charge is 2.25. The zero-order valence-corrected chi connectivity index (χ0v) is 11.5. The van der Waals surface area contributed by atoms with Crippen LogP contribution in [0.1, 0.15) is 46.5 Å². The van der Waals surface area contributed by atoms with E-state index in [1.54, 1.807) is 0 Å². The van der Waals surface area contributed by atoms with E-state index < -0.39 is 0 Å². The van der Waals surface area contributed by atoms with Crippen LogP contribution in [-0.2, 0) is 14.3 Å². The number of carbonyl (C=O) groups excluding carboxylic acids is 2. The van der Waals surface area contributed by atoms with Crippen molar-refractivity contribution in [3.8, 4) is 0 Å². The van der Waals surface area contributed by atoms with Gasteiger partial charge in [-0.15, -0.1) is 0 Å². The molecule has 3 N–H and O–H groups in total. The zero-order valence-electron chi connectivity index (χ0n) is 11.5. The maximum Gasteiger partial charge on any atom is 0.246 e. The molecule has 0 aliphatic heterocycles. The summed E-state index contributed by atoms with van der Waals surface area (Å²) in [6.07, 6.45) is 3.16. The lowest BCUT2D eigenvalue weighted by Crippen LogP contribution is -2.42. The summed E-state index contributed by atoms with van der Waals surface area (Å²) in [5.74, 6) is -0.340. The van der Waals surface area contributed by atoms with Gasteiger partial charge in [-0.05, 0) is 46.5 Å². The van der Waals surface area contributed by atoms with Gasteiger partial charge in [-0.1, -0.05) is 0 Å². The van der Waals surface area contributed by atoms with E-state index in [0.717, 1.165) is 25.7 Å². The number of ether oxygens (including phenoxy) is 1. The molecule has 5 heteroatoms. The van der Waals surface area contributed by atoms with Crippen LogP contribution in [0.4, 0.5) is 0 Å². The van der Waals surface area contributed by atoms with Gasteiger partial charge in [0.25, 0.3) is 0 Å². The second-order valence-corrected chi connectivity index (χ2v) is 5.92. The molecule has 0 atom stereocenters. The number of nitrogens with one attached hydrogen (secondary N) is 1. The number of rotatable bonds is 4. The van der Waals surface area contributed by atoms with Crippen molar-refractivity contribution in [2.45, 2.75) is 58.1 Å². The van der Waals surface area contributed by atoms with Crippen molar-refractivity contribution in [1.29, 1.82) is 0 Å². The van der Waals surface area contributed by atoms with Crippen LogP contribution in [0.5, 0.6) is 0 Å². The fraction of sp³-hybridized carbons (Fsp3) is 0.846. The van der Waals surface area contributed by atoms with Gasteiger partial charge >= 0.3 is 0 Å². The minimum absolute atomic E-state index is 0.0241. The Bertz CT molecular complexity index is 302. The van der Waals surface area contributed by atoms with Gasteiger partial charge in [-0.3, -0.25) is 9.59 Å². The number of hydrogen-bond donors (Lipinski definition) is 2. The minimum Gasteiger partial charge on any atom is -0.369 e. The van der Waals surface area contributed by atoms with E-state index in [9.17, 15) is 9.59 Å². The highest BCUT2D eigenvalue weighted by molar-refractivity contribution is 5.78. The first-order chi connectivity index (χ1) is 8.28. The summed E-state index contributed by atoms with van der Waals surface area (Å²) in [6, 6.07) is 0.150. The third-order valence-electron chi connectivity index (χ3n) is 3.13. The normalized spacial score (nSPS) is 24.6. The van der Waals surface area contributed by atoms with Gasteiger partial charge in [0.2, 0.25) is 11.8 Å². The van der Waals surface area contributed by atoms with Crippen molar-refractivity contribution in [2.24, 2.45) is 11.7 Å². The Balaban J connectivity index is 2.24.